The minimum absolute atomic E-state index is 0.0255. The number of furan rings is 1. The van der Waals surface area contributed by atoms with Crippen LogP contribution < -0.4 is 5.32 Å². The molecule has 4 saturated carbocycles. The minimum Gasteiger partial charge on any atom is -0.461 e. The fraction of sp³-hybridized carbons (Fsp3) is 0.500. The second kappa shape index (κ2) is 8.35. The minimum atomic E-state index is -0.249. The molecule has 7 rings (SSSR count). The first-order valence-corrected chi connectivity index (χ1v) is 12.9. The van der Waals surface area contributed by atoms with Crippen molar-refractivity contribution in [2.24, 2.45) is 17.8 Å². The van der Waals surface area contributed by atoms with Crippen molar-refractivity contribution < 1.29 is 9.21 Å². The molecule has 33 heavy (non-hydrogen) atoms. The maximum Gasteiger partial charge on any atom is 0.233 e. The number of amides is 1. The van der Waals surface area contributed by atoms with E-state index in [9.17, 15) is 4.79 Å². The molecule has 4 aliphatic rings. The maximum absolute atomic E-state index is 13.3. The third kappa shape index (κ3) is 4.12. The molecular weight excluding hydrogens is 432 g/mol. The van der Waals surface area contributed by atoms with Gasteiger partial charge in [0.1, 0.15) is 0 Å². The Kier molecular flexibility index (Phi) is 5.32. The van der Waals surface area contributed by atoms with Crippen LogP contribution in [-0.4, -0.2) is 31.5 Å². The quantitative estimate of drug-likeness (QED) is 0.492. The highest BCUT2D eigenvalue weighted by Crippen LogP contribution is 2.55. The van der Waals surface area contributed by atoms with Gasteiger partial charge in [0.05, 0.1) is 18.1 Å². The zero-order valence-corrected chi connectivity index (χ0v) is 19.8. The summed E-state index contributed by atoms with van der Waals surface area (Å²) in [5.74, 6) is 3.91. The van der Waals surface area contributed by atoms with E-state index in [1.165, 1.54) is 31.0 Å². The van der Waals surface area contributed by atoms with Gasteiger partial charge in [0.25, 0.3) is 0 Å². The molecule has 1 amide bonds. The predicted octanol–water partition coefficient (Wildman–Crippen LogP) is 5.15. The Bertz CT molecular complexity index is 1090. The SMILES string of the molecule is CC(Sc1nnc(-c2ccco2)n1Cc1ccccc1)C(=O)NC12CC3CC(CC(C3)C1)C2. The van der Waals surface area contributed by atoms with Crippen LogP contribution >= 0.6 is 11.8 Å². The Morgan fingerprint density at radius 1 is 1.09 bits per heavy atom. The highest BCUT2D eigenvalue weighted by Gasteiger charge is 2.51. The van der Waals surface area contributed by atoms with Crippen LogP contribution in [0.5, 0.6) is 0 Å². The average Bonchev–Trinajstić information content (AvgIpc) is 3.44. The van der Waals surface area contributed by atoms with Crippen molar-refractivity contribution in [1.82, 2.24) is 20.1 Å². The molecule has 4 fully saturated rings. The van der Waals surface area contributed by atoms with E-state index in [-0.39, 0.29) is 16.7 Å². The fourth-order valence-corrected chi connectivity index (χ4v) is 7.56. The Balaban J connectivity index is 1.21. The third-order valence-corrected chi connectivity index (χ3v) is 8.80. The zero-order chi connectivity index (χ0) is 22.4. The van der Waals surface area contributed by atoms with Gasteiger partial charge in [-0.1, -0.05) is 42.1 Å². The number of nitrogens with one attached hydrogen (secondary N) is 1. The van der Waals surface area contributed by atoms with Crippen LogP contribution in [-0.2, 0) is 11.3 Å². The first-order valence-electron chi connectivity index (χ1n) is 12.1. The number of hydrogen-bond donors (Lipinski definition) is 1. The second-order valence-electron chi connectivity index (χ2n) is 10.3. The van der Waals surface area contributed by atoms with Gasteiger partial charge in [-0.3, -0.25) is 9.36 Å². The van der Waals surface area contributed by atoms with E-state index < -0.39 is 0 Å². The summed E-state index contributed by atoms with van der Waals surface area (Å²) in [5, 5.41) is 12.9. The molecule has 3 aromatic rings. The van der Waals surface area contributed by atoms with Crippen molar-refractivity contribution in [3.63, 3.8) is 0 Å². The molecule has 6 nitrogen and oxygen atoms in total. The van der Waals surface area contributed by atoms with Gasteiger partial charge in [-0.2, -0.15) is 0 Å². The molecule has 1 aromatic carbocycles. The van der Waals surface area contributed by atoms with E-state index in [0.717, 1.165) is 47.7 Å². The van der Waals surface area contributed by atoms with Crippen molar-refractivity contribution in [3.8, 4) is 11.6 Å². The van der Waals surface area contributed by atoms with Crippen molar-refractivity contribution in [2.45, 2.75) is 67.9 Å². The monoisotopic (exact) mass is 462 g/mol. The van der Waals surface area contributed by atoms with Crippen LogP contribution in [0.1, 0.15) is 51.0 Å². The summed E-state index contributed by atoms with van der Waals surface area (Å²) in [7, 11) is 0. The van der Waals surface area contributed by atoms with Gasteiger partial charge >= 0.3 is 0 Å². The van der Waals surface area contributed by atoms with Gasteiger partial charge in [0.2, 0.25) is 11.7 Å². The molecule has 0 radical (unpaired) electrons. The van der Waals surface area contributed by atoms with Crippen LogP contribution in [0, 0.1) is 17.8 Å². The molecule has 0 saturated heterocycles. The van der Waals surface area contributed by atoms with Crippen LogP contribution in [0.4, 0.5) is 0 Å². The number of rotatable bonds is 7. The molecule has 1 atom stereocenters. The van der Waals surface area contributed by atoms with E-state index in [1.807, 2.05) is 41.8 Å². The summed E-state index contributed by atoms with van der Waals surface area (Å²) in [6.45, 7) is 2.60. The van der Waals surface area contributed by atoms with E-state index in [4.69, 9.17) is 4.42 Å². The van der Waals surface area contributed by atoms with Gasteiger partial charge < -0.3 is 9.73 Å². The molecule has 0 aliphatic heterocycles. The first-order chi connectivity index (χ1) is 16.1. The number of thioether (sulfide) groups is 1. The number of hydrogen-bond acceptors (Lipinski definition) is 5. The average molecular weight is 463 g/mol. The summed E-state index contributed by atoms with van der Waals surface area (Å²) in [6, 6.07) is 14.0. The Morgan fingerprint density at radius 3 is 2.42 bits per heavy atom. The molecular formula is C26H30N4O2S. The van der Waals surface area contributed by atoms with Gasteiger partial charge in [0.15, 0.2) is 10.9 Å². The van der Waals surface area contributed by atoms with Crippen molar-refractivity contribution in [3.05, 3.63) is 54.3 Å². The number of nitrogens with zero attached hydrogens (tertiary/aromatic N) is 3. The standard InChI is InChI=1S/C26H30N4O2S/c1-17(24(31)27-26-13-19-10-20(14-26)12-21(11-19)15-26)33-25-29-28-23(22-8-5-9-32-22)30(25)16-18-6-3-2-4-7-18/h2-9,17,19-21H,10-16H2,1H3,(H,27,31). The Labute approximate surface area is 198 Å². The zero-order valence-electron chi connectivity index (χ0n) is 18.9. The van der Waals surface area contributed by atoms with Crippen molar-refractivity contribution in [2.75, 3.05) is 0 Å². The lowest BCUT2D eigenvalue weighted by Gasteiger charge is -2.57. The van der Waals surface area contributed by atoms with Gasteiger partial charge in [-0.05, 0) is 80.9 Å². The molecule has 2 heterocycles. The molecule has 1 unspecified atom stereocenters. The maximum atomic E-state index is 13.3. The number of carbonyl (C=O) groups excluding carboxylic acids is 1. The van der Waals surface area contributed by atoms with E-state index >= 15 is 0 Å². The predicted molar refractivity (Wildman–Crippen MR) is 128 cm³/mol. The Hall–Kier alpha value is -2.54. The van der Waals surface area contributed by atoms with Gasteiger partial charge in [-0.25, -0.2) is 0 Å². The molecule has 4 bridgehead atoms. The summed E-state index contributed by atoms with van der Waals surface area (Å²) >= 11 is 1.48. The summed E-state index contributed by atoms with van der Waals surface area (Å²) in [6.07, 6.45) is 9.25. The number of aromatic nitrogens is 3. The lowest BCUT2D eigenvalue weighted by Crippen LogP contribution is -2.60. The molecule has 4 aliphatic carbocycles. The smallest absolute Gasteiger partial charge is 0.233 e. The molecule has 0 spiro atoms. The van der Waals surface area contributed by atoms with Crippen LogP contribution in [0.2, 0.25) is 0 Å². The highest BCUT2D eigenvalue weighted by atomic mass is 32.2. The fourth-order valence-electron chi connectivity index (χ4n) is 6.71. The summed E-state index contributed by atoms with van der Waals surface area (Å²) < 4.78 is 7.66. The van der Waals surface area contributed by atoms with Gasteiger partial charge in [0, 0.05) is 5.54 Å². The van der Waals surface area contributed by atoms with Crippen LogP contribution in [0.15, 0.2) is 58.3 Å². The van der Waals surface area contributed by atoms with Crippen LogP contribution in [0.3, 0.4) is 0 Å². The lowest BCUT2D eigenvalue weighted by atomic mass is 9.53. The normalized spacial score (nSPS) is 28.7. The first kappa shape index (κ1) is 21.0. The lowest BCUT2D eigenvalue weighted by molar-refractivity contribution is -0.126. The van der Waals surface area contributed by atoms with Crippen LogP contribution in [0.25, 0.3) is 11.6 Å². The van der Waals surface area contributed by atoms with Gasteiger partial charge in [-0.15, -0.1) is 10.2 Å². The third-order valence-electron chi connectivity index (χ3n) is 7.72. The Morgan fingerprint density at radius 2 is 1.79 bits per heavy atom. The van der Waals surface area contributed by atoms with E-state index in [2.05, 4.69) is 27.6 Å². The molecule has 1 N–H and O–H groups in total. The molecule has 2 aromatic heterocycles. The largest absolute Gasteiger partial charge is 0.461 e. The van der Waals surface area contributed by atoms with E-state index in [1.54, 1.807) is 6.26 Å². The van der Waals surface area contributed by atoms with E-state index in [0.29, 0.717) is 18.1 Å². The number of benzene rings is 1. The summed E-state index contributed by atoms with van der Waals surface area (Å²) in [4.78, 5) is 13.3. The highest BCUT2D eigenvalue weighted by molar-refractivity contribution is 8.00. The number of carbonyl (C=O) groups is 1. The molecule has 172 valence electrons. The van der Waals surface area contributed by atoms with Crippen molar-refractivity contribution >= 4 is 17.7 Å². The topological polar surface area (TPSA) is 73.0 Å². The van der Waals surface area contributed by atoms with Crippen molar-refractivity contribution in [1.29, 1.82) is 0 Å². The second-order valence-corrected chi connectivity index (χ2v) is 11.6. The summed E-state index contributed by atoms with van der Waals surface area (Å²) in [5.41, 5.74) is 1.18. The molecule has 7 heteroatoms.